The third-order valence-electron chi connectivity index (χ3n) is 4.76. The SMILES string of the molecule is O=C(NCCc1cccc(Br)c1)NC1CCN(Cc2ccccc2)CC1. The van der Waals surface area contributed by atoms with Gasteiger partial charge in [0, 0.05) is 36.7 Å². The number of piperidine rings is 1. The number of nitrogens with zero attached hydrogens (tertiary/aromatic N) is 1. The predicted octanol–water partition coefficient (Wildman–Crippen LogP) is 3.96. The number of rotatable bonds is 6. The normalized spacial score (nSPS) is 15.6. The number of likely N-dealkylation sites (tertiary alicyclic amines) is 1. The van der Waals surface area contributed by atoms with Crippen molar-refractivity contribution in [3.8, 4) is 0 Å². The summed E-state index contributed by atoms with van der Waals surface area (Å²) in [5.74, 6) is 0. The fraction of sp³-hybridized carbons (Fsp3) is 0.381. The summed E-state index contributed by atoms with van der Waals surface area (Å²) in [5.41, 5.74) is 2.57. The van der Waals surface area contributed by atoms with Crippen LogP contribution in [0.25, 0.3) is 0 Å². The zero-order valence-electron chi connectivity index (χ0n) is 15.0. The summed E-state index contributed by atoms with van der Waals surface area (Å²) in [6.45, 7) is 3.69. The number of carbonyl (C=O) groups excluding carboxylic acids is 1. The molecule has 0 bridgehead atoms. The van der Waals surface area contributed by atoms with Crippen LogP contribution in [0.3, 0.4) is 0 Å². The van der Waals surface area contributed by atoms with Gasteiger partial charge in [-0.25, -0.2) is 4.79 Å². The highest BCUT2D eigenvalue weighted by molar-refractivity contribution is 9.10. The lowest BCUT2D eigenvalue weighted by molar-refractivity contribution is 0.186. The molecule has 0 aromatic heterocycles. The highest BCUT2D eigenvalue weighted by Gasteiger charge is 2.20. The maximum atomic E-state index is 12.1. The zero-order valence-corrected chi connectivity index (χ0v) is 16.5. The van der Waals surface area contributed by atoms with Crippen LogP contribution in [0.5, 0.6) is 0 Å². The molecule has 1 saturated heterocycles. The molecule has 26 heavy (non-hydrogen) atoms. The van der Waals surface area contributed by atoms with Crippen molar-refractivity contribution in [3.63, 3.8) is 0 Å². The van der Waals surface area contributed by atoms with Gasteiger partial charge in [0.1, 0.15) is 0 Å². The van der Waals surface area contributed by atoms with Crippen molar-refractivity contribution >= 4 is 22.0 Å². The van der Waals surface area contributed by atoms with E-state index in [2.05, 4.69) is 73.9 Å². The first-order valence-electron chi connectivity index (χ1n) is 9.24. The molecule has 0 saturated carbocycles. The summed E-state index contributed by atoms with van der Waals surface area (Å²) >= 11 is 3.47. The quantitative estimate of drug-likeness (QED) is 0.749. The second-order valence-corrected chi connectivity index (χ2v) is 7.73. The van der Waals surface area contributed by atoms with Gasteiger partial charge in [-0.05, 0) is 42.5 Å². The largest absolute Gasteiger partial charge is 0.338 e. The maximum absolute atomic E-state index is 12.1. The number of urea groups is 1. The molecule has 5 heteroatoms. The number of amides is 2. The van der Waals surface area contributed by atoms with Gasteiger partial charge in [-0.1, -0.05) is 58.4 Å². The first-order chi connectivity index (χ1) is 12.7. The lowest BCUT2D eigenvalue weighted by Gasteiger charge is -2.32. The fourth-order valence-corrected chi connectivity index (χ4v) is 3.77. The van der Waals surface area contributed by atoms with Crippen LogP contribution < -0.4 is 10.6 Å². The Kier molecular flexibility index (Phi) is 7.09. The standard InChI is InChI=1S/C21H26BrN3O/c22-19-8-4-7-17(15-19)9-12-23-21(26)24-20-10-13-25(14-11-20)16-18-5-2-1-3-6-18/h1-8,15,20H,9-14,16H2,(H2,23,24,26). The van der Waals surface area contributed by atoms with Crippen LogP contribution in [-0.4, -0.2) is 36.6 Å². The maximum Gasteiger partial charge on any atom is 0.315 e. The number of benzene rings is 2. The fourth-order valence-electron chi connectivity index (χ4n) is 3.33. The lowest BCUT2D eigenvalue weighted by atomic mass is 10.0. The third-order valence-corrected chi connectivity index (χ3v) is 5.25. The van der Waals surface area contributed by atoms with Crippen molar-refractivity contribution in [2.45, 2.75) is 31.8 Å². The Hall–Kier alpha value is -1.85. The van der Waals surface area contributed by atoms with Gasteiger partial charge in [0.15, 0.2) is 0 Å². The molecule has 0 atom stereocenters. The molecule has 2 aromatic rings. The molecule has 1 fully saturated rings. The zero-order chi connectivity index (χ0) is 18.2. The topological polar surface area (TPSA) is 44.4 Å². The van der Waals surface area contributed by atoms with Gasteiger partial charge in [0.2, 0.25) is 0 Å². The van der Waals surface area contributed by atoms with Crippen molar-refractivity contribution in [1.29, 1.82) is 0 Å². The summed E-state index contributed by atoms with van der Waals surface area (Å²) in [6, 6.07) is 19.0. The van der Waals surface area contributed by atoms with E-state index in [4.69, 9.17) is 0 Å². The van der Waals surface area contributed by atoms with Crippen LogP contribution in [0, 0.1) is 0 Å². The smallest absolute Gasteiger partial charge is 0.315 e. The Bertz CT molecular complexity index is 699. The Balaban J connectivity index is 1.33. The molecule has 2 aromatic carbocycles. The summed E-state index contributed by atoms with van der Waals surface area (Å²) in [5, 5.41) is 6.08. The monoisotopic (exact) mass is 415 g/mol. The molecule has 1 aliphatic heterocycles. The number of hydrogen-bond donors (Lipinski definition) is 2. The minimum absolute atomic E-state index is 0.0542. The summed E-state index contributed by atoms with van der Waals surface area (Å²) in [7, 11) is 0. The Morgan fingerprint density at radius 3 is 2.50 bits per heavy atom. The van der Waals surface area contributed by atoms with Gasteiger partial charge in [0.25, 0.3) is 0 Å². The molecule has 4 nitrogen and oxygen atoms in total. The minimum Gasteiger partial charge on any atom is -0.338 e. The highest BCUT2D eigenvalue weighted by atomic mass is 79.9. The first-order valence-corrected chi connectivity index (χ1v) is 10.0. The number of nitrogens with one attached hydrogen (secondary N) is 2. The predicted molar refractivity (Wildman–Crippen MR) is 109 cm³/mol. The number of halogens is 1. The minimum atomic E-state index is -0.0542. The lowest BCUT2D eigenvalue weighted by Crippen LogP contribution is -2.48. The van der Waals surface area contributed by atoms with Crippen molar-refractivity contribution in [3.05, 3.63) is 70.2 Å². The Morgan fingerprint density at radius 1 is 1.04 bits per heavy atom. The van der Waals surface area contributed by atoms with Gasteiger partial charge in [-0.2, -0.15) is 0 Å². The van der Waals surface area contributed by atoms with Crippen molar-refractivity contribution < 1.29 is 4.79 Å². The second-order valence-electron chi connectivity index (χ2n) is 6.82. The molecule has 1 heterocycles. The molecule has 0 unspecified atom stereocenters. The van der Waals surface area contributed by atoms with E-state index in [1.807, 2.05) is 12.1 Å². The summed E-state index contributed by atoms with van der Waals surface area (Å²) in [4.78, 5) is 14.6. The van der Waals surface area contributed by atoms with E-state index in [0.717, 1.165) is 43.4 Å². The van der Waals surface area contributed by atoms with Gasteiger partial charge in [-0.15, -0.1) is 0 Å². The van der Waals surface area contributed by atoms with E-state index in [0.29, 0.717) is 6.54 Å². The Morgan fingerprint density at radius 2 is 1.77 bits per heavy atom. The van der Waals surface area contributed by atoms with E-state index < -0.39 is 0 Å². The van der Waals surface area contributed by atoms with Crippen LogP contribution in [0.15, 0.2) is 59.1 Å². The molecule has 138 valence electrons. The van der Waals surface area contributed by atoms with E-state index in [1.165, 1.54) is 11.1 Å². The van der Waals surface area contributed by atoms with E-state index >= 15 is 0 Å². The van der Waals surface area contributed by atoms with Gasteiger partial charge < -0.3 is 10.6 Å². The van der Waals surface area contributed by atoms with Crippen molar-refractivity contribution in [2.24, 2.45) is 0 Å². The van der Waals surface area contributed by atoms with Gasteiger partial charge in [-0.3, -0.25) is 4.90 Å². The molecule has 0 spiro atoms. The first kappa shape index (κ1) is 18.9. The number of hydrogen-bond acceptors (Lipinski definition) is 2. The molecular formula is C21H26BrN3O. The van der Waals surface area contributed by atoms with Crippen molar-refractivity contribution in [1.82, 2.24) is 15.5 Å². The van der Waals surface area contributed by atoms with Gasteiger partial charge in [0.05, 0.1) is 0 Å². The summed E-state index contributed by atoms with van der Waals surface area (Å²) in [6.07, 6.45) is 2.85. The molecule has 0 radical (unpaired) electrons. The molecular weight excluding hydrogens is 390 g/mol. The average molecular weight is 416 g/mol. The van der Waals surface area contributed by atoms with E-state index in [1.54, 1.807) is 0 Å². The summed E-state index contributed by atoms with van der Waals surface area (Å²) < 4.78 is 1.07. The number of carbonyl (C=O) groups is 1. The van der Waals surface area contributed by atoms with Crippen LogP contribution in [-0.2, 0) is 13.0 Å². The van der Waals surface area contributed by atoms with E-state index in [9.17, 15) is 4.79 Å². The van der Waals surface area contributed by atoms with E-state index in [-0.39, 0.29) is 12.1 Å². The van der Waals surface area contributed by atoms with Crippen LogP contribution in [0.2, 0.25) is 0 Å². The van der Waals surface area contributed by atoms with Crippen LogP contribution in [0.1, 0.15) is 24.0 Å². The molecule has 2 amide bonds. The van der Waals surface area contributed by atoms with Crippen LogP contribution in [0.4, 0.5) is 4.79 Å². The highest BCUT2D eigenvalue weighted by Crippen LogP contribution is 2.14. The molecule has 1 aliphatic rings. The Labute approximate surface area is 164 Å². The molecule has 3 rings (SSSR count). The molecule has 0 aliphatic carbocycles. The molecule has 2 N–H and O–H groups in total. The third kappa shape index (κ3) is 6.15. The van der Waals surface area contributed by atoms with Gasteiger partial charge >= 0.3 is 6.03 Å². The average Bonchev–Trinajstić information content (AvgIpc) is 2.64. The van der Waals surface area contributed by atoms with Crippen LogP contribution >= 0.6 is 15.9 Å². The second kappa shape index (κ2) is 9.74. The van der Waals surface area contributed by atoms with Crippen molar-refractivity contribution in [2.75, 3.05) is 19.6 Å².